The lowest BCUT2D eigenvalue weighted by molar-refractivity contribution is -0.132. The van der Waals surface area contributed by atoms with E-state index in [9.17, 15) is 9.59 Å². The first-order valence-corrected chi connectivity index (χ1v) is 10.5. The zero-order valence-electron chi connectivity index (χ0n) is 16.9. The first-order valence-electron chi connectivity index (χ1n) is 10.5. The Bertz CT molecular complexity index is 689. The lowest BCUT2D eigenvalue weighted by atomic mass is 10.0. The van der Waals surface area contributed by atoms with Gasteiger partial charge in [0, 0.05) is 38.2 Å². The average Bonchev–Trinajstić information content (AvgIpc) is 2.73. The van der Waals surface area contributed by atoms with Crippen molar-refractivity contribution in [2.45, 2.75) is 57.4 Å². The molecule has 2 aliphatic heterocycles. The van der Waals surface area contributed by atoms with Crippen molar-refractivity contribution < 1.29 is 9.59 Å². The van der Waals surface area contributed by atoms with E-state index in [0.29, 0.717) is 31.7 Å². The summed E-state index contributed by atoms with van der Waals surface area (Å²) >= 11 is 0. The summed E-state index contributed by atoms with van der Waals surface area (Å²) in [5.41, 5.74) is 4.82. The van der Waals surface area contributed by atoms with Gasteiger partial charge in [-0.15, -0.1) is 0 Å². The number of likely N-dealkylation sites (N-methyl/N-ethyl adjacent to an activating group) is 1. The Morgan fingerprint density at radius 1 is 1.25 bits per heavy atom. The Morgan fingerprint density at radius 2 is 2.07 bits per heavy atom. The van der Waals surface area contributed by atoms with Crippen LogP contribution in [0.2, 0.25) is 0 Å². The summed E-state index contributed by atoms with van der Waals surface area (Å²) in [5, 5.41) is 4.06. The van der Waals surface area contributed by atoms with Crippen molar-refractivity contribution in [1.29, 1.82) is 0 Å². The van der Waals surface area contributed by atoms with Crippen LogP contribution in [0, 0.1) is 0 Å². The number of nitrogens with zero attached hydrogens (tertiary/aromatic N) is 3. The Kier molecular flexibility index (Phi) is 7.60. The van der Waals surface area contributed by atoms with Gasteiger partial charge in [0.25, 0.3) is 0 Å². The number of benzene rings is 1. The first kappa shape index (κ1) is 20.5. The second-order valence-electron chi connectivity index (χ2n) is 7.90. The number of amides is 2. The largest absolute Gasteiger partial charge is 0.341 e. The highest BCUT2D eigenvalue weighted by molar-refractivity contribution is 5.94. The number of piperidine rings is 1. The van der Waals surface area contributed by atoms with Crippen molar-refractivity contribution in [1.82, 2.24) is 15.2 Å². The van der Waals surface area contributed by atoms with Crippen molar-refractivity contribution in [2.24, 2.45) is 5.10 Å². The van der Waals surface area contributed by atoms with E-state index in [4.69, 9.17) is 0 Å². The average molecular weight is 385 g/mol. The van der Waals surface area contributed by atoms with Gasteiger partial charge < -0.3 is 9.80 Å². The van der Waals surface area contributed by atoms with Crippen LogP contribution in [0.4, 0.5) is 0 Å². The van der Waals surface area contributed by atoms with Crippen LogP contribution in [0.3, 0.4) is 0 Å². The molecule has 0 unspecified atom stereocenters. The van der Waals surface area contributed by atoms with Crippen molar-refractivity contribution in [3.63, 3.8) is 0 Å². The molecule has 0 spiro atoms. The van der Waals surface area contributed by atoms with Crippen molar-refractivity contribution >= 4 is 17.5 Å². The summed E-state index contributed by atoms with van der Waals surface area (Å²) in [6.07, 6.45) is 6.73. The van der Waals surface area contributed by atoms with E-state index < -0.39 is 0 Å². The van der Waals surface area contributed by atoms with Crippen LogP contribution < -0.4 is 5.43 Å². The molecule has 2 amide bonds. The molecule has 3 rings (SSSR count). The minimum atomic E-state index is -0.0400. The van der Waals surface area contributed by atoms with Crippen LogP contribution in [-0.4, -0.2) is 60.0 Å². The molecule has 0 aliphatic carbocycles. The van der Waals surface area contributed by atoms with Crippen LogP contribution in [-0.2, 0) is 16.0 Å². The Hall–Kier alpha value is -2.21. The normalized spacial score (nSPS) is 20.4. The van der Waals surface area contributed by atoms with Gasteiger partial charge in [-0.1, -0.05) is 30.3 Å². The second kappa shape index (κ2) is 10.4. The molecule has 2 aliphatic rings. The maximum Gasteiger partial charge on any atom is 0.240 e. The molecular formula is C22H32N4O2. The fourth-order valence-electron chi connectivity index (χ4n) is 4.02. The van der Waals surface area contributed by atoms with Gasteiger partial charge in [-0.3, -0.25) is 9.59 Å². The fourth-order valence-corrected chi connectivity index (χ4v) is 4.02. The summed E-state index contributed by atoms with van der Waals surface area (Å²) in [4.78, 5) is 28.2. The van der Waals surface area contributed by atoms with E-state index in [1.54, 1.807) is 0 Å². The molecule has 1 N–H and O–H groups in total. The van der Waals surface area contributed by atoms with Gasteiger partial charge in [-0.25, -0.2) is 5.43 Å². The third-order valence-corrected chi connectivity index (χ3v) is 5.81. The van der Waals surface area contributed by atoms with Gasteiger partial charge in [0.05, 0.1) is 0 Å². The Morgan fingerprint density at radius 3 is 2.82 bits per heavy atom. The highest BCUT2D eigenvalue weighted by atomic mass is 16.2. The third-order valence-electron chi connectivity index (χ3n) is 5.81. The number of carbonyl (C=O) groups is 2. The zero-order valence-corrected chi connectivity index (χ0v) is 16.9. The molecule has 0 radical (unpaired) electrons. The van der Waals surface area contributed by atoms with E-state index >= 15 is 0 Å². The number of rotatable bonds is 8. The highest BCUT2D eigenvalue weighted by Gasteiger charge is 2.26. The number of aryl methyl sites for hydroxylation is 1. The molecule has 6 heteroatoms. The minimum Gasteiger partial charge on any atom is -0.341 e. The Balaban J connectivity index is 1.39. The standard InChI is InChI=1S/C22H32N4O2/c1-25(22(28)14-12-19-11-13-21(27)24-23-19)20-10-6-16-26(17-20)15-5-9-18-7-3-2-4-8-18/h2-4,7-8,20H,5-6,9-17H2,1H3,(H,24,27)/t20-/m1/s1. The molecule has 1 saturated heterocycles. The van der Waals surface area contributed by atoms with Gasteiger partial charge in [-0.2, -0.15) is 5.10 Å². The Labute approximate surface area is 168 Å². The quantitative estimate of drug-likeness (QED) is 0.749. The smallest absolute Gasteiger partial charge is 0.240 e. The fraction of sp³-hybridized carbons (Fsp3) is 0.591. The SMILES string of the molecule is CN(C(=O)CCC1=NNC(=O)CC1)[C@@H]1CCCN(CCCc2ccccc2)C1. The summed E-state index contributed by atoms with van der Waals surface area (Å²) in [5.74, 6) is 0.137. The monoisotopic (exact) mass is 384 g/mol. The molecule has 1 aromatic carbocycles. The topological polar surface area (TPSA) is 65.0 Å². The van der Waals surface area contributed by atoms with Crippen LogP contribution in [0.5, 0.6) is 0 Å². The summed E-state index contributed by atoms with van der Waals surface area (Å²) in [6, 6.07) is 10.9. The minimum absolute atomic E-state index is 0.0400. The summed E-state index contributed by atoms with van der Waals surface area (Å²) < 4.78 is 0. The van der Waals surface area contributed by atoms with E-state index in [1.807, 2.05) is 11.9 Å². The van der Waals surface area contributed by atoms with Crippen molar-refractivity contribution in [2.75, 3.05) is 26.7 Å². The van der Waals surface area contributed by atoms with Crippen molar-refractivity contribution in [3.05, 3.63) is 35.9 Å². The molecule has 1 fully saturated rings. The predicted molar refractivity (Wildman–Crippen MR) is 111 cm³/mol. The molecule has 1 aromatic rings. The van der Waals surface area contributed by atoms with E-state index in [1.165, 1.54) is 5.56 Å². The number of carbonyl (C=O) groups excluding carboxylic acids is 2. The first-order chi connectivity index (χ1) is 13.6. The van der Waals surface area contributed by atoms with E-state index in [-0.39, 0.29) is 11.8 Å². The van der Waals surface area contributed by atoms with Gasteiger partial charge >= 0.3 is 0 Å². The zero-order chi connectivity index (χ0) is 19.8. The molecule has 28 heavy (non-hydrogen) atoms. The molecule has 2 heterocycles. The number of likely N-dealkylation sites (tertiary alicyclic amines) is 1. The second-order valence-corrected chi connectivity index (χ2v) is 7.90. The summed E-state index contributed by atoms with van der Waals surface area (Å²) in [6.45, 7) is 3.18. The molecule has 0 saturated carbocycles. The molecular weight excluding hydrogens is 352 g/mol. The summed E-state index contributed by atoms with van der Waals surface area (Å²) in [7, 11) is 1.94. The van der Waals surface area contributed by atoms with Crippen LogP contribution in [0.1, 0.15) is 50.5 Å². The molecule has 0 aromatic heterocycles. The van der Waals surface area contributed by atoms with Gasteiger partial charge in [0.15, 0.2) is 0 Å². The van der Waals surface area contributed by atoms with Gasteiger partial charge in [-0.05, 0) is 57.2 Å². The predicted octanol–water partition coefficient (Wildman–Crippen LogP) is 2.59. The number of hydrogen-bond acceptors (Lipinski definition) is 4. The van der Waals surface area contributed by atoms with Crippen LogP contribution in [0.25, 0.3) is 0 Å². The number of nitrogens with one attached hydrogen (secondary N) is 1. The number of hydrogen-bond donors (Lipinski definition) is 1. The van der Waals surface area contributed by atoms with Crippen LogP contribution in [0.15, 0.2) is 35.4 Å². The highest BCUT2D eigenvalue weighted by Crippen LogP contribution is 2.17. The molecule has 0 bridgehead atoms. The maximum atomic E-state index is 12.6. The van der Waals surface area contributed by atoms with E-state index in [2.05, 4.69) is 45.8 Å². The van der Waals surface area contributed by atoms with Gasteiger partial charge in [0.1, 0.15) is 0 Å². The number of hydrazone groups is 1. The maximum absolute atomic E-state index is 12.6. The van der Waals surface area contributed by atoms with Crippen LogP contribution >= 0.6 is 0 Å². The van der Waals surface area contributed by atoms with E-state index in [0.717, 1.165) is 51.0 Å². The molecule has 6 nitrogen and oxygen atoms in total. The third kappa shape index (κ3) is 6.16. The van der Waals surface area contributed by atoms with Gasteiger partial charge in [0.2, 0.25) is 11.8 Å². The lowest BCUT2D eigenvalue weighted by Crippen LogP contribution is -2.48. The molecule has 1 atom stereocenters. The molecule has 152 valence electrons. The van der Waals surface area contributed by atoms with Crippen molar-refractivity contribution in [3.8, 4) is 0 Å². The lowest BCUT2D eigenvalue weighted by Gasteiger charge is -2.37.